The first-order chi connectivity index (χ1) is 5.78. The fraction of sp³-hybridized carbons (Fsp3) is 0.500. The topological polar surface area (TPSA) is 141 Å². The number of aliphatic carboxylic acids is 3. The Hall–Kier alpha value is -0.916. The van der Waals surface area contributed by atoms with Gasteiger partial charge < -0.3 is 34.8 Å². The Labute approximate surface area is 93.2 Å². The van der Waals surface area contributed by atoms with Crippen LogP contribution in [0.3, 0.4) is 0 Å². The minimum absolute atomic E-state index is 0. The van der Waals surface area contributed by atoms with Crippen molar-refractivity contribution in [2.75, 3.05) is 0 Å². The van der Waals surface area contributed by atoms with E-state index in [2.05, 4.69) is 0 Å². The fourth-order valence-corrected chi connectivity index (χ4v) is 0.684. The maximum atomic E-state index is 10.1. The van der Waals surface area contributed by atoms with Crippen LogP contribution in [0.2, 0.25) is 0 Å². The van der Waals surface area contributed by atoms with Gasteiger partial charge in [0.25, 0.3) is 0 Å². The first kappa shape index (κ1) is 15.6. The Morgan fingerprint density at radius 1 is 1.00 bits per heavy atom. The van der Waals surface area contributed by atoms with E-state index in [4.69, 9.17) is 5.11 Å². The van der Waals surface area contributed by atoms with Crippen LogP contribution in [-0.2, 0) is 36.1 Å². The number of hydrogen-bond donors (Lipinski definition) is 1. The zero-order valence-electron chi connectivity index (χ0n) is 6.81. The quantitative estimate of drug-likeness (QED) is 0.470. The largest absolute Gasteiger partial charge is 4.00 e. The molecule has 0 aromatic rings. The molecule has 0 bridgehead atoms. The minimum Gasteiger partial charge on any atom is -0.550 e. The van der Waals surface area contributed by atoms with Gasteiger partial charge in [-0.15, -0.1) is 0 Å². The number of carboxylic acids is 3. The van der Waals surface area contributed by atoms with Crippen LogP contribution in [0.15, 0.2) is 0 Å². The Kier molecular flexibility index (Phi) is 6.38. The van der Waals surface area contributed by atoms with Gasteiger partial charge in [-0.25, -0.2) is 0 Å². The smallest absolute Gasteiger partial charge is 0.550 e. The summed E-state index contributed by atoms with van der Waals surface area (Å²) in [6.45, 7) is 0. The molecule has 0 saturated carbocycles. The molecule has 8 heteroatoms. The average molecular weight is 237 g/mol. The van der Waals surface area contributed by atoms with E-state index >= 15 is 0 Å². The maximum absolute atomic E-state index is 10.1. The SMILES string of the molecule is O=C([O-])CC(O)(CC(=O)[O-])C(=O)[O-].[Ti+4]. The van der Waals surface area contributed by atoms with E-state index in [0.29, 0.717) is 0 Å². The van der Waals surface area contributed by atoms with Crippen LogP contribution >= 0.6 is 0 Å². The molecule has 0 spiro atoms. The molecule has 0 saturated heterocycles. The van der Waals surface area contributed by atoms with E-state index in [1.807, 2.05) is 0 Å². The second-order valence-corrected chi connectivity index (χ2v) is 2.42. The first-order valence-corrected chi connectivity index (χ1v) is 3.11. The summed E-state index contributed by atoms with van der Waals surface area (Å²) in [5, 5.41) is 38.9. The summed E-state index contributed by atoms with van der Waals surface area (Å²) in [5.41, 5.74) is -2.97. The monoisotopic (exact) mass is 237 g/mol. The molecule has 0 aromatic heterocycles. The van der Waals surface area contributed by atoms with Crippen molar-refractivity contribution >= 4 is 17.9 Å². The summed E-state index contributed by atoms with van der Waals surface area (Å²) in [6, 6.07) is 0. The standard InChI is InChI=1S/C6H8O7.Ti/c7-3(8)1-6(13,5(11)12)2-4(9)10;/h13H,1-2H2,(H,7,8)(H,9,10)(H,11,12);/q;+4/p-3. The van der Waals surface area contributed by atoms with Gasteiger partial charge in [-0.2, -0.15) is 0 Å². The first-order valence-electron chi connectivity index (χ1n) is 3.11. The van der Waals surface area contributed by atoms with E-state index in [1.54, 1.807) is 0 Å². The zero-order chi connectivity index (χ0) is 10.6. The molecular weight excluding hydrogens is 232 g/mol. The van der Waals surface area contributed by atoms with Crippen LogP contribution in [0, 0.1) is 0 Å². The van der Waals surface area contributed by atoms with Crippen LogP contribution in [0.4, 0.5) is 0 Å². The van der Waals surface area contributed by atoms with Crippen molar-refractivity contribution in [1.29, 1.82) is 0 Å². The third-order valence-corrected chi connectivity index (χ3v) is 1.25. The van der Waals surface area contributed by atoms with Crippen molar-refractivity contribution in [3.63, 3.8) is 0 Å². The van der Waals surface area contributed by atoms with Crippen molar-refractivity contribution in [3.05, 3.63) is 0 Å². The van der Waals surface area contributed by atoms with Crippen LogP contribution in [-0.4, -0.2) is 28.6 Å². The van der Waals surface area contributed by atoms with Crippen LogP contribution in [0.5, 0.6) is 0 Å². The van der Waals surface area contributed by atoms with Crippen molar-refractivity contribution < 1.29 is 56.5 Å². The summed E-state index contributed by atoms with van der Waals surface area (Å²) in [5.74, 6) is -5.98. The van der Waals surface area contributed by atoms with Gasteiger partial charge in [0.2, 0.25) is 0 Å². The summed E-state index contributed by atoms with van der Waals surface area (Å²) in [7, 11) is 0. The van der Waals surface area contributed by atoms with Gasteiger partial charge in [0, 0.05) is 24.8 Å². The normalized spacial score (nSPS) is 10.1. The number of hydrogen-bond acceptors (Lipinski definition) is 7. The Bertz CT molecular complexity index is 233. The van der Waals surface area contributed by atoms with E-state index in [0.717, 1.165) is 0 Å². The second kappa shape index (κ2) is 5.74. The number of rotatable bonds is 5. The molecule has 7 nitrogen and oxygen atoms in total. The van der Waals surface area contributed by atoms with Crippen molar-refractivity contribution in [1.82, 2.24) is 0 Å². The summed E-state index contributed by atoms with van der Waals surface area (Å²) in [6.07, 6.45) is -2.72. The number of carboxylic acid groups (broad SMARTS) is 3. The molecule has 0 unspecified atom stereocenters. The minimum atomic E-state index is -2.97. The molecule has 0 amide bonds. The van der Waals surface area contributed by atoms with E-state index in [1.165, 1.54) is 0 Å². The van der Waals surface area contributed by atoms with Crippen LogP contribution in [0.1, 0.15) is 12.8 Å². The average Bonchev–Trinajstić information content (AvgIpc) is 1.82. The van der Waals surface area contributed by atoms with Gasteiger partial charge in [-0.1, -0.05) is 0 Å². The van der Waals surface area contributed by atoms with E-state index < -0.39 is 36.4 Å². The fourth-order valence-electron chi connectivity index (χ4n) is 0.684. The predicted molar refractivity (Wildman–Crippen MR) is 29.2 cm³/mol. The van der Waals surface area contributed by atoms with Gasteiger partial charge in [-0.3, -0.25) is 0 Å². The molecule has 0 aromatic carbocycles. The van der Waals surface area contributed by atoms with E-state index in [9.17, 15) is 29.7 Å². The Morgan fingerprint density at radius 3 is 1.43 bits per heavy atom. The number of carbonyl (C=O) groups excluding carboxylic acids is 3. The molecule has 0 aliphatic carbocycles. The molecular formula is C6H5O7Ti+. The second-order valence-electron chi connectivity index (χ2n) is 2.42. The van der Waals surface area contributed by atoms with Gasteiger partial charge in [0.15, 0.2) is 0 Å². The molecule has 1 N–H and O–H groups in total. The van der Waals surface area contributed by atoms with E-state index in [-0.39, 0.29) is 21.7 Å². The molecule has 0 aliphatic rings. The summed E-state index contributed by atoms with van der Waals surface area (Å²) in [4.78, 5) is 30.0. The molecule has 0 rings (SSSR count). The van der Waals surface area contributed by atoms with Crippen molar-refractivity contribution in [2.45, 2.75) is 18.4 Å². The van der Waals surface area contributed by atoms with Gasteiger partial charge >= 0.3 is 21.7 Å². The summed E-state index contributed by atoms with van der Waals surface area (Å²) < 4.78 is 0. The van der Waals surface area contributed by atoms with Crippen LogP contribution < -0.4 is 15.3 Å². The molecule has 14 heavy (non-hydrogen) atoms. The molecule has 74 valence electrons. The maximum Gasteiger partial charge on any atom is 4.00 e. The van der Waals surface area contributed by atoms with Gasteiger partial charge in [0.05, 0.1) is 5.97 Å². The predicted octanol–water partition coefficient (Wildman–Crippen LogP) is -5.26. The van der Waals surface area contributed by atoms with Gasteiger partial charge in [-0.05, 0) is 0 Å². The molecule has 0 radical (unpaired) electrons. The third kappa shape index (κ3) is 4.95. The molecule has 0 aliphatic heterocycles. The zero-order valence-corrected chi connectivity index (χ0v) is 8.37. The Morgan fingerprint density at radius 2 is 1.29 bits per heavy atom. The number of carbonyl (C=O) groups is 3. The molecule has 0 fully saturated rings. The molecule has 0 heterocycles. The molecule has 0 atom stereocenters. The summed E-state index contributed by atoms with van der Waals surface area (Å²) >= 11 is 0. The number of aliphatic hydroxyl groups is 1. The van der Waals surface area contributed by atoms with Crippen molar-refractivity contribution in [3.8, 4) is 0 Å². The van der Waals surface area contributed by atoms with Gasteiger partial charge in [0.1, 0.15) is 5.60 Å². The van der Waals surface area contributed by atoms with Crippen molar-refractivity contribution in [2.24, 2.45) is 0 Å². The Balaban J connectivity index is 0. The third-order valence-electron chi connectivity index (χ3n) is 1.25. The van der Waals surface area contributed by atoms with Crippen LogP contribution in [0.25, 0.3) is 0 Å².